The highest BCUT2D eigenvalue weighted by Crippen LogP contribution is 2.57. The lowest BCUT2D eigenvalue weighted by Gasteiger charge is -2.34. The molecular formula is C65H45N. The SMILES string of the molecule is c1ccc(-c2ccccc2-c2ccccc2N(c2ccc(-c3ccc4c(c3)C(c3ccccc3)(c3ccccc3)c3ccccc3-4)cc2)c2cccc(-c3ccc4ccccc4c3)c2)cc1. The number of nitrogens with zero attached hydrogens (tertiary/aromatic N) is 1. The van der Waals surface area contributed by atoms with E-state index < -0.39 is 5.41 Å². The minimum absolute atomic E-state index is 0.461. The van der Waals surface area contributed by atoms with Crippen molar-refractivity contribution >= 4 is 27.8 Å². The van der Waals surface area contributed by atoms with Gasteiger partial charge in [0.25, 0.3) is 0 Å². The summed E-state index contributed by atoms with van der Waals surface area (Å²) in [5, 5.41) is 2.47. The van der Waals surface area contributed by atoms with Crippen molar-refractivity contribution in [2.45, 2.75) is 5.41 Å². The van der Waals surface area contributed by atoms with E-state index >= 15 is 0 Å². The third kappa shape index (κ3) is 6.64. The van der Waals surface area contributed by atoms with E-state index in [1.165, 1.54) is 83.1 Å². The number of para-hydroxylation sites is 1. The summed E-state index contributed by atoms with van der Waals surface area (Å²) in [5.74, 6) is 0. The van der Waals surface area contributed by atoms with Gasteiger partial charge in [0, 0.05) is 16.9 Å². The predicted molar refractivity (Wildman–Crippen MR) is 278 cm³/mol. The summed E-state index contributed by atoms with van der Waals surface area (Å²) in [4.78, 5) is 2.43. The van der Waals surface area contributed by atoms with E-state index in [2.05, 4.69) is 278 Å². The number of hydrogen-bond acceptors (Lipinski definition) is 1. The molecule has 0 aromatic heterocycles. The van der Waals surface area contributed by atoms with E-state index in [1.807, 2.05) is 0 Å². The predicted octanol–water partition coefficient (Wildman–Crippen LogP) is 17.3. The van der Waals surface area contributed by atoms with Crippen LogP contribution in [0.2, 0.25) is 0 Å². The maximum atomic E-state index is 2.45. The molecule has 0 heterocycles. The highest BCUT2D eigenvalue weighted by atomic mass is 15.1. The quantitative estimate of drug-likeness (QED) is 0.140. The number of hydrogen-bond donors (Lipinski definition) is 0. The van der Waals surface area contributed by atoms with Crippen LogP contribution in [0.25, 0.3) is 66.4 Å². The van der Waals surface area contributed by atoms with Gasteiger partial charge in [0.05, 0.1) is 11.1 Å². The molecule has 0 saturated heterocycles. The lowest BCUT2D eigenvalue weighted by molar-refractivity contribution is 0.769. The van der Waals surface area contributed by atoms with Gasteiger partial charge in [-0.1, -0.05) is 231 Å². The second-order valence-corrected chi connectivity index (χ2v) is 17.2. The Kier molecular flexibility index (Phi) is 9.81. The third-order valence-electron chi connectivity index (χ3n) is 13.6. The summed E-state index contributed by atoms with van der Waals surface area (Å²) in [6, 6.07) is 100. The van der Waals surface area contributed by atoms with Crippen molar-refractivity contribution in [3.63, 3.8) is 0 Å². The van der Waals surface area contributed by atoms with E-state index in [9.17, 15) is 0 Å². The van der Waals surface area contributed by atoms with Gasteiger partial charge in [0.1, 0.15) is 0 Å². The summed E-state index contributed by atoms with van der Waals surface area (Å²) in [6.45, 7) is 0. The van der Waals surface area contributed by atoms with E-state index in [0.717, 1.165) is 22.6 Å². The Morgan fingerprint density at radius 1 is 0.242 bits per heavy atom. The molecule has 1 heteroatoms. The van der Waals surface area contributed by atoms with Crippen molar-refractivity contribution in [3.8, 4) is 55.6 Å². The molecular weight excluding hydrogens is 795 g/mol. The van der Waals surface area contributed by atoms with Gasteiger partial charge in [0.2, 0.25) is 0 Å². The first-order valence-electron chi connectivity index (χ1n) is 22.8. The lowest BCUT2D eigenvalue weighted by atomic mass is 9.67. The summed E-state index contributed by atoms with van der Waals surface area (Å²) in [5.41, 5.74) is 20.0. The maximum absolute atomic E-state index is 2.45. The van der Waals surface area contributed by atoms with Crippen LogP contribution < -0.4 is 4.90 Å². The molecule has 0 N–H and O–H groups in total. The first kappa shape index (κ1) is 39.1. The summed E-state index contributed by atoms with van der Waals surface area (Å²) >= 11 is 0. The van der Waals surface area contributed by atoms with Gasteiger partial charge in [0.15, 0.2) is 0 Å². The molecule has 1 aliphatic carbocycles. The Morgan fingerprint density at radius 3 is 1.50 bits per heavy atom. The second kappa shape index (κ2) is 16.6. The highest BCUT2D eigenvalue weighted by molar-refractivity contribution is 5.95. The van der Waals surface area contributed by atoms with E-state index in [1.54, 1.807) is 0 Å². The second-order valence-electron chi connectivity index (χ2n) is 17.2. The van der Waals surface area contributed by atoms with Crippen LogP contribution in [0, 0.1) is 0 Å². The Labute approximate surface area is 387 Å². The molecule has 66 heavy (non-hydrogen) atoms. The van der Waals surface area contributed by atoms with E-state index in [0.29, 0.717) is 0 Å². The monoisotopic (exact) mass is 839 g/mol. The van der Waals surface area contributed by atoms with Crippen LogP contribution in [0.4, 0.5) is 17.1 Å². The highest BCUT2D eigenvalue weighted by Gasteiger charge is 2.46. The molecule has 0 bridgehead atoms. The molecule has 11 aromatic carbocycles. The molecule has 0 radical (unpaired) electrons. The Hall–Kier alpha value is -8.52. The van der Waals surface area contributed by atoms with Gasteiger partial charge < -0.3 is 4.90 Å². The smallest absolute Gasteiger partial charge is 0.0713 e. The van der Waals surface area contributed by atoms with Crippen LogP contribution in [0.3, 0.4) is 0 Å². The number of rotatable bonds is 9. The molecule has 0 amide bonds. The molecule has 1 nitrogen and oxygen atoms in total. The van der Waals surface area contributed by atoms with Gasteiger partial charge in [-0.05, 0) is 126 Å². The molecule has 0 atom stereocenters. The van der Waals surface area contributed by atoms with Gasteiger partial charge in [-0.15, -0.1) is 0 Å². The molecule has 11 aromatic rings. The molecule has 0 aliphatic heterocycles. The van der Waals surface area contributed by atoms with E-state index in [4.69, 9.17) is 0 Å². The summed E-state index contributed by atoms with van der Waals surface area (Å²) in [6.07, 6.45) is 0. The first-order chi connectivity index (χ1) is 32.7. The van der Waals surface area contributed by atoms with Crippen molar-refractivity contribution in [1.29, 1.82) is 0 Å². The number of fused-ring (bicyclic) bond motifs is 4. The van der Waals surface area contributed by atoms with Crippen LogP contribution in [0.15, 0.2) is 273 Å². The molecule has 12 rings (SSSR count). The zero-order valence-electron chi connectivity index (χ0n) is 36.4. The van der Waals surface area contributed by atoms with Crippen molar-refractivity contribution in [2.24, 2.45) is 0 Å². The zero-order chi connectivity index (χ0) is 43.9. The molecule has 0 unspecified atom stereocenters. The van der Waals surface area contributed by atoms with Crippen molar-refractivity contribution in [2.75, 3.05) is 4.90 Å². The largest absolute Gasteiger partial charge is 0.310 e. The Balaban J connectivity index is 1.01. The van der Waals surface area contributed by atoms with Crippen LogP contribution in [0.1, 0.15) is 22.3 Å². The van der Waals surface area contributed by atoms with Gasteiger partial charge in [-0.2, -0.15) is 0 Å². The average molecular weight is 840 g/mol. The topological polar surface area (TPSA) is 3.24 Å². The fourth-order valence-corrected chi connectivity index (χ4v) is 10.5. The molecule has 0 spiro atoms. The standard InChI is InChI=1S/C65H45N/c1-4-20-48(21-5-1)57-29-12-13-30-58(57)61-32-15-17-34-64(61)66(56-28-18-23-50(44-56)51-36-35-46-19-10-11-22-49(46)43-51)55-40-37-47(38-41-55)52-39-42-60-59-31-14-16-33-62(59)65(63(60)45-52,53-24-6-2-7-25-53)54-26-8-3-9-27-54/h1-45H. The normalized spacial score (nSPS) is 12.4. The molecule has 0 fully saturated rings. The fourth-order valence-electron chi connectivity index (χ4n) is 10.5. The number of benzene rings is 11. The minimum Gasteiger partial charge on any atom is -0.310 e. The third-order valence-corrected chi connectivity index (χ3v) is 13.6. The average Bonchev–Trinajstić information content (AvgIpc) is 3.70. The fraction of sp³-hybridized carbons (Fsp3) is 0.0154. The Morgan fingerprint density at radius 2 is 0.758 bits per heavy atom. The van der Waals surface area contributed by atoms with Gasteiger partial charge in [-0.25, -0.2) is 0 Å². The summed E-state index contributed by atoms with van der Waals surface area (Å²) < 4.78 is 0. The van der Waals surface area contributed by atoms with Crippen LogP contribution in [0.5, 0.6) is 0 Å². The van der Waals surface area contributed by atoms with Crippen LogP contribution >= 0.6 is 0 Å². The maximum Gasteiger partial charge on any atom is 0.0713 e. The summed E-state index contributed by atoms with van der Waals surface area (Å²) in [7, 11) is 0. The van der Waals surface area contributed by atoms with Crippen molar-refractivity contribution in [1.82, 2.24) is 0 Å². The molecule has 0 saturated carbocycles. The Bertz CT molecular complexity index is 3480. The minimum atomic E-state index is -0.461. The first-order valence-corrected chi connectivity index (χ1v) is 22.8. The zero-order valence-corrected chi connectivity index (χ0v) is 36.4. The van der Waals surface area contributed by atoms with Gasteiger partial charge >= 0.3 is 0 Å². The van der Waals surface area contributed by atoms with E-state index in [-0.39, 0.29) is 0 Å². The molecule has 1 aliphatic rings. The van der Waals surface area contributed by atoms with Crippen molar-refractivity contribution < 1.29 is 0 Å². The van der Waals surface area contributed by atoms with Gasteiger partial charge in [-0.3, -0.25) is 0 Å². The van der Waals surface area contributed by atoms with Crippen LogP contribution in [-0.4, -0.2) is 0 Å². The van der Waals surface area contributed by atoms with Crippen molar-refractivity contribution in [3.05, 3.63) is 295 Å². The van der Waals surface area contributed by atoms with Crippen LogP contribution in [-0.2, 0) is 5.41 Å². The number of anilines is 3. The molecule has 310 valence electrons. The lowest BCUT2D eigenvalue weighted by Crippen LogP contribution is -2.28.